The second-order valence-electron chi connectivity index (χ2n) is 6.85. The molecule has 0 aromatic carbocycles. The Labute approximate surface area is 110 Å². The molecule has 1 rings (SSSR count). The average molecular weight is 257 g/mol. The van der Waals surface area contributed by atoms with Crippen LogP contribution in [0.15, 0.2) is 0 Å². The predicted molar refractivity (Wildman–Crippen MR) is 71.4 cm³/mol. The fraction of sp³-hybridized carbons (Fsp3) is 0.929. The molecule has 0 radical (unpaired) electrons. The molecule has 1 aliphatic rings. The van der Waals surface area contributed by atoms with E-state index in [4.69, 9.17) is 4.74 Å². The lowest BCUT2D eigenvalue weighted by Gasteiger charge is -2.36. The van der Waals surface area contributed by atoms with Crippen LogP contribution in [0.4, 0.5) is 4.79 Å². The summed E-state index contributed by atoms with van der Waals surface area (Å²) in [6.45, 7) is 9.30. The first-order chi connectivity index (χ1) is 8.08. The zero-order valence-electron chi connectivity index (χ0n) is 12.2. The maximum absolute atomic E-state index is 11.6. The number of amides is 1. The van der Waals surface area contributed by atoms with Crippen LogP contribution in [0.5, 0.6) is 0 Å². The lowest BCUT2D eigenvalue weighted by atomic mass is 9.77. The van der Waals surface area contributed by atoms with Crippen molar-refractivity contribution in [1.29, 1.82) is 0 Å². The summed E-state index contributed by atoms with van der Waals surface area (Å²) in [5, 5.41) is 12.9. The minimum atomic E-state index is -0.614. The Hall–Kier alpha value is -0.770. The third kappa shape index (κ3) is 5.25. The van der Waals surface area contributed by atoms with Gasteiger partial charge in [0, 0.05) is 6.04 Å². The number of aliphatic hydroxyl groups is 1. The van der Waals surface area contributed by atoms with E-state index < -0.39 is 11.2 Å². The van der Waals surface area contributed by atoms with Gasteiger partial charge in [-0.25, -0.2) is 4.79 Å². The van der Waals surface area contributed by atoms with Gasteiger partial charge < -0.3 is 15.2 Å². The molecule has 0 bridgehead atoms. The van der Waals surface area contributed by atoms with Gasteiger partial charge >= 0.3 is 6.09 Å². The second-order valence-corrected chi connectivity index (χ2v) is 6.85. The molecule has 0 aromatic rings. The molecule has 0 spiro atoms. The van der Waals surface area contributed by atoms with E-state index in [2.05, 4.69) is 5.32 Å². The van der Waals surface area contributed by atoms with Crippen LogP contribution in [0, 0.1) is 5.92 Å². The lowest BCUT2D eigenvalue weighted by Crippen LogP contribution is -2.43. The Morgan fingerprint density at radius 1 is 1.11 bits per heavy atom. The first-order valence-corrected chi connectivity index (χ1v) is 6.80. The van der Waals surface area contributed by atoms with E-state index >= 15 is 0 Å². The molecule has 0 aromatic heterocycles. The van der Waals surface area contributed by atoms with Gasteiger partial charge in [-0.05, 0) is 66.2 Å². The van der Waals surface area contributed by atoms with Gasteiger partial charge in [-0.15, -0.1) is 0 Å². The van der Waals surface area contributed by atoms with Crippen LogP contribution < -0.4 is 5.32 Å². The van der Waals surface area contributed by atoms with E-state index in [1.807, 2.05) is 34.6 Å². The highest BCUT2D eigenvalue weighted by Gasteiger charge is 2.32. The number of nitrogens with one attached hydrogen (secondary N) is 1. The monoisotopic (exact) mass is 257 g/mol. The molecule has 106 valence electrons. The van der Waals surface area contributed by atoms with Crippen molar-refractivity contribution in [2.45, 2.75) is 77.5 Å². The molecule has 1 amide bonds. The molecule has 0 aliphatic heterocycles. The molecule has 1 saturated carbocycles. The Morgan fingerprint density at radius 2 is 1.61 bits per heavy atom. The minimum Gasteiger partial charge on any atom is -0.444 e. The van der Waals surface area contributed by atoms with Gasteiger partial charge in [0.1, 0.15) is 5.60 Å². The summed E-state index contributed by atoms with van der Waals surface area (Å²) in [6, 6.07) is 0.179. The third-order valence-corrected chi connectivity index (χ3v) is 3.45. The molecule has 18 heavy (non-hydrogen) atoms. The maximum atomic E-state index is 11.6. The first kappa shape index (κ1) is 15.3. The summed E-state index contributed by atoms with van der Waals surface area (Å²) in [6.07, 6.45) is 3.38. The van der Waals surface area contributed by atoms with Crippen molar-refractivity contribution in [3.8, 4) is 0 Å². The Balaban J connectivity index is 2.34. The summed E-state index contributed by atoms with van der Waals surface area (Å²) < 4.78 is 5.24. The number of carbonyl (C=O) groups excluding carboxylic acids is 1. The molecule has 2 N–H and O–H groups in total. The predicted octanol–water partition coefficient (Wildman–Crippen LogP) is 2.84. The number of rotatable bonds is 2. The largest absolute Gasteiger partial charge is 0.444 e. The van der Waals surface area contributed by atoms with Gasteiger partial charge in [0.15, 0.2) is 0 Å². The summed E-state index contributed by atoms with van der Waals surface area (Å²) in [4.78, 5) is 11.6. The molecule has 1 fully saturated rings. The molecule has 0 atom stereocenters. The fourth-order valence-electron chi connectivity index (χ4n) is 2.42. The average Bonchev–Trinajstić information content (AvgIpc) is 2.13. The van der Waals surface area contributed by atoms with Crippen molar-refractivity contribution in [2.24, 2.45) is 5.92 Å². The second kappa shape index (κ2) is 5.47. The Morgan fingerprint density at radius 3 is 2.00 bits per heavy atom. The van der Waals surface area contributed by atoms with Crippen LogP contribution in [0.3, 0.4) is 0 Å². The lowest BCUT2D eigenvalue weighted by molar-refractivity contribution is -0.00385. The number of ether oxygens (including phenoxy) is 1. The molecule has 0 heterocycles. The van der Waals surface area contributed by atoms with Crippen molar-refractivity contribution in [1.82, 2.24) is 5.32 Å². The van der Waals surface area contributed by atoms with Crippen molar-refractivity contribution < 1.29 is 14.6 Å². The van der Waals surface area contributed by atoms with E-state index in [0.29, 0.717) is 5.92 Å². The van der Waals surface area contributed by atoms with E-state index in [9.17, 15) is 9.90 Å². The number of carbonyl (C=O) groups is 1. The first-order valence-electron chi connectivity index (χ1n) is 6.80. The van der Waals surface area contributed by atoms with E-state index in [0.717, 1.165) is 25.7 Å². The minimum absolute atomic E-state index is 0.179. The molecule has 4 heteroatoms. The number of hydrogen-bond donors (Lipinski definition) is 2. The summed E-state index contributed by atoms with van der Waals surface area (Å²) in [5.74, 6) is 0.328. The van der Waals surface area contributed by atoms with Gasteiger partial charge in [0.05, 0.1) is 5.60 Å². The molecule has 4 nitrogen and oxygen atoms in total. The number of hydrogen-bond acceptors (Lipinski definition) is 3. The van der Waals surface area contributed by atoms with E-state index in [1.165, 1.54) is 0 Å². The van der Waals surface area contributed by atoms with Crippen molar-refractivity contribution in [2.75, 3.05) is 0 Å². The van der Waals surface area contributed by atoms with Crippen LogP contribution in [-0.2, 0) is 4.74 Å². The SMILES string of the molecule is CC(C)(C)OC(=O)N[C@H]1CC[C@H](C(C)(C)O)CC1. The standard InChI is InChI=1S/C14H27NO3/c1-13(2,3)18-12(16)15-11-8-6-10(7-9-11)14(4,5)17/h10-11,17H,6-9H2,1-5H3,(H,15,16)/t10-,11-. The summed E-state index contributed by atoms with van der Waals surface area (Å²) in [7, 11) is 0. The zero-order chi connectivity index (χ0) is 14.0. The van der Waals surface area contributed by atoms with Gasteiger partial charge in [0.2, 0.25) is 0 Å². The highest BCUT2D eigenvalue weighted by Crippen LogP contribution is 2.32. The topological polar surface area (TPSA) is 58.6 Å². The van der Waals surface area contributed by atoms with Gasteiger partial charge in [-0.2, -0.15) is 0 Å². The summed E-state index contributed by atoms with van der Waals surface area (Å²) >= 11 is 0. The van der Waals surface area contributed by atoms with Gasteiger partial charge in [-0.3, -0.25) is 0 Å². The van der Waals surface area contributed by atoms with E-state index in [1.54, 1.807) is 0 Å². The fourth-order valence-corrected chi connectivity index (χ4v) is 2.42. The van der Waals surface area contributed by atoms with Crippen molar-refractivity contribution >= 4 is 6.09 Å². The third-order valence-electron chi connectivity index (χ3n) is 3.45. The Kier molecular flexibility index (Phi) is 4.65. The maximum Gasteiger partial charge on any atom is 0.407 e. The van der Waals surface area contributed by atoms with Crippen LogP contribution >= 0.6 is 0 Å². The molecule has 0 saturated heterocycles. The normalized spacial score (nSPS) is 25.7. The quantitative estimate of drug-likeness (QED) is 0.799. The van der Waals surface area contributed by atoms with Crippen molar-refractivity contribution in [3.05, 3.63) is 0 Å². The van der Waals surface area contributed by atoms with E-state index in [-0.39, 0.29) is 12.1 Å². The molecular formula is C14H27NO3. The van der Waals surface area contributed by atoms with Gasteiger partial charge in [-0.1, -0.05) is 0 Å². The smallest absolute Gasteiger partial charge is 0.407 e. The highest BCUT2D eigenvalue weighted by atomic mass is 16.6. The highest BCUT2D eigenvalue weighted by molar-refractivity contribution is 5.68. The molecule has 1 aliphatic carbocycles. The van der Waals surface area contributed by atoms with Gasteiger partial charge in [0.25, 0.3) is 0 Å². The van der Waals surface area contributed by atoms with Crippen LogP contribution in [0.25, 0.3) is 0 Å². The Bertz CT molecular complexity index is 280. The van der Waals surface area contributed by atoms with Crippen LogP contribution in [0.2, 0.25) is 0 Å². The molecular weight excluding hydrogens is 230 g/mol. The van der Waals surface area contributed by atoms with Crippen LogP contribution in [-0.4, -0.2) is 28.4 Å². The van der Waals surface area contributed by atoms with Crippen molar-refractivity contribution in [3.63, 3.8) is 0 Å². The van der Waals surface area contributed by atoms with Crippen LogP contribution in [0.1, 0.15) is 60.3 Å². The molecule has 0 unspecified atom stereocenters. The summed E-state index contributed by atoms with van der Waals surface area (Å²) in [5.41, 5.74) is -1.06. The number of alkyl carbamates (subject to hydrolysis) is 1. The zero-order valence-corrected chi connectivity index (χ0v) is 12.2.